The van der Waals surface area contributed by atoms with Crippen LogP contribution in [0.25, 0.3) is 0 Å². The zero-order chi connectivity index (χ0) is 6.41. The largest absolute Gasteiger partial charge is 0.458 e. The van der Waals surface area contributed by atoms with Gasteiger partial charge in [0.25, 0.3) is 12.4 Å². The molecule has 5 heteroatoms. The maximum Gasteiger partial charge on any atom is 0.293 e. The summed E-state index contributed by atoms with van der Waals surface area (Å²) >= 11 is 0. The van der Waals surface area contributed by atoms with Crippen LogP contribution < -0.4 is 11.3 Å². The Morgan fingerprint density at radius 3 is 2.88 bits per heavy atom. The van der Waals surface area contributed by atoms with Gasteiger partial charge < -0.3 is 4.74 Å². The highest BCUT2D eigenvalue weighted by molar-refractivity contribution is 5.77. The standard InChI is InChI=1S/C3H6N2O3/c4-5-3(7)1-8-2-6/h2H,1,4H2,(H,5,7). The fourth-order valence-electron chi connectivity index (χ4n) is 0.151. The molecule has 0 radical (unpaired) electrons. The van der Waals surface area contributed by atoms with Crippen LogP contribution in [0, 0.1) is 0 Å². The van der Waals surface area contributed by atoms with E-state index in [4.69, 9.17) is 0 Å². The quantitative estimate of drug-likeness (QED) is 0.197. The highest BCUT2D eigenvalue weighted by Gasteiger charge is 1.93. The van der Waals surface area contributed by atoms with Gasteiger partial charge in [0.2, 0.25) is 0 Å². The maximum absolute atomic E-state index is 10.1. The van der Waals surface area contributed by atoms with Crippen molar-refractivity contribution in [2.75, 3.05) is 6.61 Å². The highest BCUT2D eigenvalue weighted by atomic mass is 16.5. The Hall–Kier alpha value is -1.10. The molecule has 0 fully saturated rings. The lowest BCUT2D eigenvalue weighted by Crippen LogP contribution is -2.33. The molecule has 0 rings (SSSR count). The first-order valence-electron chi connectivity index (χ1n) is 1.86. The summed E-state index contributed by atoms with van der Waals surface area (Å²) in [6, 6.07) is 0. The average molecular weight is 118 g/mol. The summed E-state index contributed by atoms with van der Waals surface area (Å²) in [5.41, 5.74) is 1.78. The molecule has 1 amide bonds. The predicted molar refractivity (Wildman–Crippen MR) is 24.3 cm³/mol. The van der Waals surface area contributed by atoms with E-state index in [2.05, 4.69) is 10.6 Å². The lowest BCUT2D eigenvalue weighted by Gasteiger charge is -1.93. The van der Waals surface area contributed by atoms with Crippen LogP contribution in [0.4, 0.5) is 0 Å². The molecule has 0 atom stereocenters. The van der Waals surface area contributed by atoms with Crippen molar-refractivity contribution in [1.29, 1.82) is 0 Å². The second-order valence-corrected chi connectivity index (χ2v) is 0.975. The van der Waals surface area contributed by atoms with Crippen LogP contribution in [0.1, 0.15) is 0 Å². The molecule has 3 N–H and O–H groups in total. The number of hydrogen-bond acceptors (Lipinski definition) is 4. The summed E-state index contributed by atoms with van der Waals surface area (Å²) in [6.45, 7) is -0.144. The van der Waals surface area contributed by atoms with E-state index in [1.807, 2.05) is 0 Å². The molecule has 0 spiro atoms. The Labute approximate surface area is 45.8 Å². The molecule has 0 aliphatic heterocycles. The second-order valence-electron chi connectivity index (χ2n) is 0.975. The number of amides is 1. The van der Waals surface area contributed by atoms with E-state index in [0.717, 1.165) is 0 Å². The summed E-state index contributed by atoms with van der Waals surface area (Å²) in [5, 5.41) is 0. The molecule has 0 saturated heterocycles. The lowest BCUT2D eigenvalue weighted by atomic mass is 10.7. The van der Waals surface area contributed by atoms with Crippen LogP contribution >= 0.6 is 0 Å². The number of nitrogens with one attached hydrogen (secondary N) is 1. The summed E-state index contributed by atoms with van der Waals surface area (Å²) < 4.78 is 4.01. The van der Waals surface area contributed by atoms with Gasteiger partial charge >= 0.3 is 0 Å². The van der Waals surface area contributed by atoms with E-state index < -0.39 is 5.91 Å². The van der Waals surface area contributed by atoms with Crippen molar-refractivity contribution in [3.05, 3.63) is 0 Å². The molecule has 0 bridgehead atoms. The molecule has 0 aromatic carbocycles. The molecule has 5 nitrogen and oxygen atoms in total. The van der Waals surface area contributed by atoms with Crippen molar-refractivity contribution < 1.29 is 14.3 Å². The van der Waals surface area contributed by atoms with Crippen molar-refractivity contribution in [3.63, 3.8) is 0 Å². The Bertz CT molecular complexity index is 92.5. The first kappa shape index (κ1) is 6.90. The predicted octanol–water partition coefficient (Wildman–Crippen LogP) is -1.85. The maximum atomic E-state index is 10.1. The van der Waals surface area contributed by atoms with Crippen LogP contribution in [0.3, 0.4) is 0 Å². The topological polar surface area (TPSA) is 81.4 Å². The van der Waals surface area contributed by atoms with Crippen LogP contribution in [-0.4, -0.2) is 19.0 Å². The minimum Gasteiger partial charge on any atom is -0.458 e. The van der Waals surface area contributed by atoms with E-state index in [9.17, 15) is 9.59 Å². The highest BCUT2D eigenvalue weighted by Crippen LogP contribution is 1.63. The van der Waals surface area contributed by atoms with Crippen LogP contribution in [0.5, 0.6) is 0 Å². The lowest BCUT2D eigenvalue weighted by molar-refractivity contribution is -0.137. The molecule has 0 heterocycles. The summed E-state index contributed by atoms with van der Waals surface area (Å²) in [5.74, 6) is 4.09. The van der Waals surface area contributed by atoms with E-state index in [-0.39, 0.29) is 13.1 Å². The third kappa shape index (κ3) is 3.10. The van der Waals surface area contributed by atoms with Crippen molar-refractivity contribution in [2.45, 2.75) is 0 Å². The Balaban J connectivity index is 3.11. The molecule has 46 valence electrons. The normalized spacial score (nSPS) is 7.62. The van der Waals surface area contributed by atoms with Gasteiger partial charge in [-0.3, -0.25) is 15.0 Å². The number of hydrazine groups is 1. The number of rotatable bonds is 3. The Kier molecular flexibility index (Phi) is 3.51. The second kappa shape index (κ2) is 4.07. The minimum atomic E-state index is -0.530. The number of hydrogen-bond donors (Lipinski definition) is 2. The smallest absolute Gasteiger partial charge is 0.293 e. The minimum absolute atomic E-state index is 0.176. The Morgan fingerprint density at radius 1 is 1.88 bits per heavy atom. The van der Waals surface area contributed by atoms with Gasteiger partial charge in [0.1, 0.15) is 0 Å². The van der Waals surface area contributed by atoms with Gasteiger partial charge in [0.05, 0.1) is 0 Å². The first-order chi connectivity index (χ1) is 3.81. The van der Waals surface area contributed by atoms with E-state index in [1.165, 1.54) is 0 Å². The molecular weight excluding hydrogens is 112 g/mol. The van der Waals surface area contributed by atoms with E-state index >= 15 is 0 Å². The van der Waals surface area contributed by atoms with Crippen LogP contribution in [0.15, 0.2) is 0 Å². The van der Waals surface area contributed by atoms with Gasteiger partial charge in [-0.2, -0.15) is 0 Å². The zero-order valence-corrected chi connectivity index (χ0v) is 4.09. The number of carbonyl (C=O) groups is 2. The first-order valence-corrected chi connectivity index (χ1v) is 1.86. The SMILES string of the molecule is NNC(=O)COC=O. The Morgan fingerprint density at radius 2 is 2.50 bits per heavy atom. The number of nitrogens with two attached hydrogens (primary N) is 1. The monoisotopic (exact) mass is 118 g/mol. The van der Waals surface area contributed by atoms with Gasteiger partial charge in [0, 0.05) is 0 Å². The summed E-state index contributed by atoms with van der Waals surface area (Å²) in [4.78, 5) is 19.4. The molecule has 0 aliphatic rings. The molecule has 0 saturated carbocycles. The summed E-state index contributed by atoms with van der Waals surface area (Å²) in [6.07, 6.45) is 0. The molecule has 8 heavy (non-hydrogen) atoms. The van der Waals surface area contributed by atoms with Gasteiger partial charge in [0.15, 0.2) is 6.61 Å². The number of ether oxygens (including phenoxy) is 1. The third-order valence-corrected chi connectivity index (χ3v) is 0.443. The third-order valence-electron chi connectivity index (χ3n) is 0.443. The van der Waals surface area contributed by atoms with Gasteiger partial charge in [-0.15, -0.1) is 0 Å². The van der Waals surface area contributed by atoms with Crippen molar-refractivity contribution in [2.24, 2.45) is 5.84 Å². The fourth-order valence-corrected chi connectivity index (χ4v) is 0.151. The van der Waals surface area contributed by atoms with Crippen LogP contribution in [-0.2, 0) is 14.3 Å². The van der Waals surface area contributed by atoms with Gasteiger partial charge in [-0.25, -0.2) is 5.84 Å². The average Bonchev–Trinajstić information content (AvgIpc) is 1.83. The fraction of sp³-hybridized carbons (Fsp3) is 0.333. The molecule has 0 aromatic rings. The van der Waals surface area contributed by atoms with Gasteiger partial charge in [-0.05, 0) is 0 Å². The van der Waals surface area contributed by atoms with Crippen molar-refractivity contribution in [3.8, 4) is 0 Å². The molecular formula is C3H6N2O3. The summed E-state index contributed by atoms with van der Waals surface area (Å²) in [7, 11) is 0. The van der Waals surface area contributed by atoms with E-state index in [1.54, 1.807) is 5.43 Å². The molecule has 0 unspecified atom stereocenters. The number of carbonyl (C=O) groups excluding carboxylic acids is 2. The van der Waals surface area contributed by atoms with Crippen molar-refractivity contribution >= 4 is 12.4 Å². The van der Waals surface area contributed by atoms with Crippen LogP contribution in [0.2, 0.25) is 0 Å². The molecule has 0 aliphatic carbocycles. The zero-order valence-electron chi connectivity index (χ0n) is 4.09. The van der Waals surface area contributed by atoms with Gasteiger partial charge in [-0.1, -0.05) is 0 Å². The van der Waals surface area contributed by atoms with E-state index in [0.29, 0.717) is 0 Å². The molecule has 0 aromatic heterocycles. The van der Waals surface area contributed by atoms with Crippen molar-refractivity contribution in [1.82, 2.24) is 5.43 Å².